The van der Waals surface area contributed by atoms with Crippen LogP contribution in [0.2, 0.25) is 0 Å². The van der Waals surface area contributed by atoms with Crippen molar-refractivity contribution in [3.63, 3.8) is 0 Å². The third-order valence-electron chi connectivity index (χ3n) is 3.93. The Bertz CT molecular complexity index is 291. The molecule has 0 aromatic heterocycles. The first kappa shape index (κ1) is 11.4. The summed E-state index contributed by atoms with van der Waals surface area (Å²) in [6.45, 7) is 1.99. The molecule has 0 aromatic carbocycles. The van der Waals surface area contributed by atoms with Gasteiger partial charge in [0, 0.05) is 25.3 Å². The van der Waals surface area contributed by atoms with Crippen LogP contribution >= 0.6 is 0 Å². The highest BCUT2D eigenvalue weighted by atomic mass is 16.7. The fraction of sp³-hybridized carbons (Fsp3) is 0.917. The average molecular weight is 241 g/mol. The van der Waals surface area contributed by atoms with E-state index in [-0.39, 0.29) is 17.8 Å². The second kappa shape index (κ2) is 4.55. The predicted molar refractivity (Wildman–Crippen MR) is 59.4 cm³/mol. The maximum Gasteiger partial charge on any atom is 0.323 e. The van der Waals surface area contributed by atoms with Crippen LogP contribution < -0.4 is 5.32 Å². The molecule has 1 atom stereocenters. The molecule has 5 heteroatoms. The van der Waals surface area contributed by atoms with Crippen molar-refractivity contribution < 1.29 is 19.0 Å². The fourth-order valence-corrected chi connectivity index (χ4v) is 2.94. The SMILES string of the molecule is O=C1OCCC1NC1CCC2(CC1)OCCO2. The fourth-order valence-electron chi connectivity index (χ4n) is 2.94. The molecule has 0 radical (unpaired) electrons. The van der Waals surface area contributed by atoms with Gasteiger partial charge in [-0.25, -0.2) is 0 Å². The molecule has 17 heavy (non-hydrogen) atoms. The number of rotatable bonds is 2. The predicted octanol–water partition coefficient (Wildman–Crippen LogP) is 0.577. The van der Waals surface area contributed by atoms with Gasteiger partial charge in [0.2, 0.25) is 0 Å². The van der Waals surface area contributed by atoms with Crippen LogP contribution in [0.5, 0.6) is 0 Å². The first-order chi connectivity index (χ1) is 8.27. The van der Waals surface area contributed by atoms with Gasteiger partial charge in [0.1, 0.15) is 6.04 Å². The average Bonchev–Trinajstić information content (AvgIpc) is 2.94. The largest absolute Gasteiger partial charge is 0.464 e. The highest BCUT2D eigenvalue weighted by Crippen LogP contribution is 2.35. The summed E-state index contributed by atoms with van der Waals surface area (Å²) < 4.78 is 16.3. The number of carbonyl (C=O) groups excluding carboxylic acids is 1. The van der Waals surface area contributed by atoms with Crippen LogP contribution in [0.1, 0.15) is 32.1 Å². The van der Waals surface area contributed by atoms with Gasteiger partial charge < -0.3 is 19.5 Å². The molecule has 0 bridgehead atoms. The summed E-state index contributed by atoms with van der Waals surface area (Å²) >= 11 is 0. The van der Waals surface area contributed by atoms with E-state index in [9.17, 15) is 4.79 Å². The van der Waals surface area contributed by atoms with Crippen LogP contribution in [0.4, 0.5) is 0 Å². The molecular weight excluding hydrogens is 222 g/mol. The lowest BCUT2D eigenvalue weighted by molar-refractivity contribution is -0.179. The molecule has 5 nitrogen and oxygen atoms in total. The van der Waals surface area contributed by atoms with Gasteiger partial charge in [-0.05, 0) is 12.8 Å². The third kappa shape index (κ3) is 2.32. The van der Waals surface area contributed by atoms with Crippen LogP contribution in [0.3, 0.4) is 0 Å². The third-order valence-corrected chi connectivity index (χ3v) is 3.93. The molecule has 3 aliphatic rings. The number of esters is 1. The summed E-state index contributed by atoms with van der Waals surface area (Å²) in [5, 5.41) is 3.39. The molecule has 2 heterocycles. The quantitative estimate of drug-likeness (QED) is 0.717. The van der Waals surface area contributed by atoms with Crippen molar-refractivity contribution in [1.29, 1.82) is 0 Å². The molecule has 1 unspecified atom stereocenters. The molecule has 96 valence electrons. The molecule has 1 N–H and O–H groups in total. The molecule has 3 fully saturated rings. The van der Waals surface area contributed by atoms with Crippen LogP contribution in [0.15, 0.2) is 0 Å². The first-order valence-electron chi connectivity index (χ1n) is 6.48. The highest BCUT2D eigenvalue weighted by molar-refractivity contribution is 5.77. The zero-order valence-corrected chi connectivity index (χ0v) is 9.94. The van der Waals surface area contributed by atoms with Crippen molar-refractivity contribution in [3.8, 4) is 0 Å². The van der Waals surface area contributed by atoms with Gasteiger partial charge in [-0.3, -0.25) is 4.79 Å². The Morgan fingerprint density at radius 2 is 1.76 bits per heavy atom. The topological polar surface area (TPSA) is 56.8 Å². The van der Waals surface area contributed by atoms with Crippen molar-refractivity contribution >= 4 is 5.97 Å². The van der Waals surface area contributed by atoms with E-state index in [4.69, 9.17) is 14.2 Å². The molecule has 1 saturated carbocycles. The standard InChI is InChI=1S/C12H19NO4/c14-11-10(3-6-15-11)13-9-1-4-12(5-2-9)16-7-8-17-12/h9-10,13H,1-8H2. The first-order valence-corrected chi connectivity index (χ1v) is 6.48. The molecule has 2 aliphatic heterocycles. The highest BCUT2D eigenvalue weighted by Gasteiger charge is 2.41. The monoisotopic (exact) mass is 241 g/mol. The van der Waals surface area contributed by atoms with E-state index in [0.29, 0.717) is 25.9 Å². The molecule has 0 amide bonds. The number of carbonyl (C=O) groups is 1. The minimum absolute atomic E-state index is 0.0977. The maximum atomic E-state index is 11.4. The summed E-state index contributed by atoms with van der Waals surface area (Å²) in [4.78, 5) is 11.4. The van der Waals surface area contributed by atoms with E-state index in [1.165, 1.54) is 0 Å². The van der Waals surface area contributed by atoms with E-state index in [2.05, 4.69) is 5.32 Å². The lowest BCUT2D eigenvalue weighted by Crippen LogP contribution is -2.46. The summed E-state index contributed by atoms with van der Waals surface area (Å²) in [7, 11) is 0. The lowest BCUT2D eigenvalue weighted by Gasteiger charge is -2.36. The Morgan fingerprint density at radius 3 is 2.35 bits per heavy atom. The van der Waals surface area contributed by atoms with Crippen molar-refractivity contribution in [2.75, 3.05) is 19.8 Å². The summed E-state index contributed by atoms with van der Waals surface area (Å²) in [5.41, 5.74) is 0. The smallest absolute Gasteiger partial charge is 0.323 e. The van der Waals surface area contributed by atoms with E-state index in [1.807, 2.05) is 0 Å². The summed E-state index contributed by atoms with van der Waals surface area (Å²) in [6.07, 6.45) is 4.65. The number of hydrogen-bond acceptors (Lipinski definition) is 5. The Hall–Kier alpha value is -0.650. The minimum atomic E-state index is -0.311. The van der Waals surface area contributed by atoms with Gasteiger partial charge in [0.25, 0.3) is 0 Å². The molecule has 0 aromatic rings. The Balaban J connectivity index is 1.49. The molecule has 1 aliphatic carbocycles. The van der Waals surface area contributed by atoms with Gasteiger partial charge in [-0.15, -0.1) is 0 Å². The van der Waals surface area contributed by atoms with Crippen molar-refractivity contribution in [1.82, 2.24) is 5.32 Å². The summed E-state index contributed by atoms with van der Waals surface area (Å²) in [6, 6.07) is 0.295. The van der Waals surface area contributed by atoms with Gasteiger partial charge in [-0.1, -0.05) is 0 Å². The normalized spacial score (nSPS) is 33.2. The number of cyclic esters (lactones) is 1. The van der Waals surface area contributed by atoms with E-state index >= 15 is 0 Å². The number of nitrogens with one attached hydrogen (secondary N) is 1. The zero-order valence-electron chi connectivity index (χ0n) is 9.94. The van der Waals surface area contributed by atoms with Crippen LogP contribution in [0, 0.1) is 0 Å². The van der Waals surface area contributed by atoms with Crippen molar-refractivity contribution in [2.24, 2.45) is 0 Å². The van der Waals surface area contributed by atoms with Gasteiger partial charge >= 0.3 is 5.97 Å². The van der Waals surface area contributed by atoms with E-state index < -0.39 is 0 Å². The van der Waals surface area contributed by atoms with Gasteiger partial charge in [0.05, 0.1) is 19.8 Å². The van der Waals surface area contributed by atoms with Gasteiger partial charge in [-0.2, -0.15) is 0 Å². The van der Waals surface area contributed by atoms with Crippen LogP contribution in [0.25, 0.3) is 0 Å². The Labute approximate surface area is 101 Å². The maximum absolute atomic E-state index is 11.4. The van der Waals surface area contributed by atoms with Crippen molar-refractivity contribution in [2.45, 2.75) is 50.0 Å². The van der Waals surface area contributed by atoms with Crippen LogP contribution in [-0.4, -0.2) is 43.7 Å². The van der Waals surface area contributed by atoms with Crippen molar-refractivity contribution in [3.05, 3.63) is 0 Å². The zero-order chi connectivity index (χ0) is 11.7. The van der Waals surface area contributed by atoms with Crippen LogP contribution in [-0.2, 0) is 19.0 Å². The Morgan fingerprint density at radius 1 is 1.06 bits per heavy atom. The number of ether oxygens (including phenoxy) is 3. The minimum Gasteiger partial charge on any atom is -0.464 e. The summed E-state index contributed by atoms with van der Waals surface area (Å²) in [5.74, 6) is -0.410. The number of hydrogen-bond donors (Lipinski definition) is 1. The molecule has 3 rings (SSSR count). The second-order valence-corrected chi connectivity index (χ2v) is 5.06. The molecular formula is C12H19NO4. The van der Waals surface area contributed by atoms with E-state index in [1.54, 1.807) is 0 Å². The Kier molecular flexibility index (Phi) is 3.06. The molecule has 1 spiro atoms. The van der Waals surface area contributed by atoms with E-state index in [0.717, 1.165) is 32.1 Å². The lowest BCUT2D eigenvalue weighted by atomic mass is 9.89. The second-order valence-electron chi connectivity index (χ2n) is 5.06. The van der Waals surface area contributed by atoms with Gasteiger partial charge in [0.15, 0.2) is 5.79 Å². The molecule has 2 saturated heterocycles.